The van der Waals surface area contributed by atoms with Crippen LogP contribution in [0.2, 0.25) is 0 Å². The largest absolute Gasteiger partial charge is 0.355 e. The van der Waals surface area contributed by atoms with Gasteiger partial charge in [-0.1, -0.05) is 38.1 Å². The summed E-state index contributed by atoms with van der Waals surface area (Å²) in [7, 11) is 0. The van der Waals surface area contributed by atoms with E-state index in [1.165, 1.54) is 11.1 Å². The maximum atomic E-state index is 12.2. The van der Waals surface area contributed by atoms with Gasteiger partial charge in [-0.15, -0.1) is 0 Å². The first kappa shape index (κ1) is 18.7. The molecular weight excluding hydrogens is 318 g/mol. The number of aryl methyl sites for hydroxylation is 2. The highest BCUT2D eigenvalue weighted by molar-refractivity contribution is 5.76. The van der Waals surface area contributed by atoms with Gasteiger partial charge in [-0.05, 0) is 31.4 Å². The monoisotopic (exact) mass is 343 g/mol. The van der Waals surface area contributed by atoms with E-state index < -0.39 is 11.2 Å². The topological polar surface area (TPSA) is 94.8 Å². The fraction of sp³-hybridized carbons (Fsp3) is 0.421. The third-order valence-corrected chi connectivity index (χ3v) is 4.46. The van der Waals surface area contributed by atoms with Crippen molar-refractivity contribution in [3.05, 3.63) is 67.5 Å². The molecule has 1 amide bonds. The predicted molar refractivity (Wildman–Crippen MR) is 98.0 cm³/mol. The van der Waals surface area contributed by atoms with Crippen molar-refractivity contribution >= 4 is 5.91 Å². The van der Waals surface area contributed by atoms with Crippen LogP contribution in [0.4, 0.5) is 0 Å². The van der Waals surface area contributed by atoms with Crippen LogP contribution in [0.1, 0.15) is 42.7 Å². The standard InChI is InChI=1S/C19H25N3O3/c1-12-7-5-6-8-15(12)19(3,4)11-20-16(23)10-9-14-13(2)21-18(25)22-17(14)24/h5-8H,9-11H2,1-4H3,(H,20,23)(H2,21,22,24,25). The van der Waals surface area contributed by atoms with Gasteiger partial charge in [-0.3, -0.25) is 14.6 Å². The van der Waals surface area contributed by atoms with Crippen molar-refractivity contribution in [2.45, 2.75) is 46.0 Å². The lowest BCUT2D eigenvalue weighted by Gasteiger charge is -2.27. The van der Waals surface area contributed by atoms with Gasteiger partial charge in [0.15, 0.2) is 0 Å². The van der Waals surface area contributed by atoms with Crippen LogP contribution in [0.3, 0.4) is 0 Å². The molecule has 1 aromatic heterocycles. The second-order valence-electron chi connectivity index (χ2n) is 6.99. The Hall–Kier alpha value is -2.63. The van der Waals surface area contributed by atoms with Crippen molar-refractivity contribution in [3.63, 3.8) is 0 Å². The number of hydrogen-bond acceptors (Lipinski definition) is 3. The molecule has 0 fully saturated rings. The number of benzene rings is 1. The van der Waals surface area contributed by atoms with E-state index in [0.717, 1.165) is 0 Å². The van der Waals surface area contributed by atoms with Crippen LogP contribution in [-0.2, 0) is 16.6 Å². The molecule has 0 spiro atoms. The van der Waals surface area contributed by atoms with Crippen LogP contribution >= 0.6 is 0 Å². The number of amides is 1. The Kier molecular flexibility index (Phi) is 5.62. The highest BCUT2D eigenvalue weighted by Gasteiger charge is 2.23. The van der Waals surface area contributed by atoms with Gasteiger partial charge in [0, 0.05) is 29.6 Å². The molecule has 2 rings (SSSR count). The second kappa shape index (κ2) is 7.51. The Bertz CT molecular complexity index is 878. The van der Waals surface area contributed by atoms with Gasteiger partial charge >= 0.3 is 5.69 Å². The highest BCUT2D eigenvalue weighted by atomic mass is 16.2. The number of aromatic amines is 2. The van der Waals surface area contributed by atoms with Gasteiger partial charge in [0.25, 0.3) is 5.56 Å². The van der Waals surface area contributed by atoms with Crippen molar-refractivity contribution in [1.82, 2.24) is 15.3 Å². The summed E-state index contributed by atoms with van der Waals surface area (Å²) in [6.45, 7) is 8.41. The second-order valence-corrected chi connectivity index (χ2v) is 6.99. The number of hydrogen-bond donors (Lipinski definition) is 3. The zero-order chi connectivity index (χ0) is 18.6. The highest BCUT2D eigenvalue weighted by Crippen LogP contribution is 2.25. The van der Waals surface area contributed by atoms with Crippen molar-refractivity contribution in [3.8, 4) is 0 Å². The summed E-state index contributed by atoms with van der Waals surface area (Å²) in [6.07, 6.45) is 0.481. The number of nitrogens with one attached hydrogen (secondary N) is 3. The first-order valence-electron chi connectivity index (χ1n) is 8.35. The molecule has 0 atom stereocenters. The minimum absolute atomic E-state index is 0.119. The van der Waals surface area contributed by atoms with E-state index >= 15 is 0 Å². The van der Waals surface area contributed by atoms with Crippen LogP contribution in [0.5, 0.6) is 0 Å². The summed E-state index contributed by atoms with van der Waals surface area (Å²) in [5, 5.41) is 2.95. The normalized spacial score (nSPS) is 11.4. The number of rotatable bonds is 6. The SMILES string of the molecule is Cc1ccccc1C(C)(C)CNC(=O)CCc1c(C)[nH]c(=O)[nH]c1=O. The van der Waals surface area contributed by atoms with E-state index in [9.17, 15) is 14.4 Å². The van der Waals surface area contributed by atoms with Gasteiger partial charge < -0.3 is 10.3 Å². The molecule has 3 N–H and O–H groups in total. The van der Waals surface area contributed by atoms with Gasteiger partial charge in [0.2, 0.25) is 5.91 Å². The fourth-order valence-corrected chi connectivity index (χ4v) is 3.00. The Morgan fingerprint density at radius 3 is 2.44 bits per heavy atom. The van der Waals surface area contributed by atoms with Crippen LogP contribution in [-0.4, -0.2) is 22.4 Å². The van der Waals surface area contributed by atoms with Gasteiger partial charge in [-0.2, -0.15) is 0 Å². The first-order chi connectivity index (χ1) is 11.7. The van der Waals surface area contributed by atoms with E-state index in [2.05, 4.69) is 48.2 Å². The molecule has 6 nitrogen and oxygen atoms in total. The quantitative estimate of drug-likeness (QED) is 0.745. The zero-order valence-corrected chi connectivity index (χ0v) is 15.2. The van der Waals surface area contributed by atoms with E-state index in [1.54, 1.807) is 6.92 Å². The molecule has 0 aliphatic carbocycles. The van der Waals surface area contributed by atoms with E-state index in [4.69, 9.17) is 0 Å². The summed E-state index contributed by atoms with van der Waals surface area (Å²) < 4.78 is 0. The van der Waals surface area contributed by atoms with Crippen LogP contribution in [0, 0.1) is 13.8 Å². The number of aromatic nitrogens is 2. The fourth-order valence-electron chi connectivity index (χ4n) is 3.00. The summed E-state index contributed by atoms with van der Waals surface area (Å²) >= 11 is 0. The molecule has 0 saturated heterocycles. The first-order valence-corrected chi connectivity index (χ1v) is 8.35. The lowest BCUT2D eigenvalue weighted by atomic mass is 9.82. The van der Waals surface area contributed by atoms with Gasteiger partial charge in [0.1, 0.15) is 0 Å². The Morgan fingerprint density at radius 2 is 1.80 bits per heavy atom. The van der Waals surface area contributed by atoms with Gasteiger partial charge in [0.05, 0.1) is 0 Å². The van der Waals surface area contributed by atoms with Crippen molar-refractivity contribution in [1.29, 1.82) is 0 Å². The van der Waals surface area contributed by atoms with Crippen molar-refractivity contribution in [2.24, 2.45) is 0 Å². The van der Waals surface area contributed by atoms with Crippen LogP contribution in [0.25, 0.3) is 0 Å². The molecule has 2 aromatic rings. The van der Waals surface area contributed by atoms with Gasteiger partial charge in [-0.25, -0.2) is 4.79 Å². The summed E-state index contributed by atoms with van der Waals surface area (Å²) in [5.74, 6) is -0.119. The minimum atomic E-state index is -0.532. The number of carbonyl (C=O) groups is 1. The molecule has 25 heavy (non-hydrogen) atoms. The zero-order valence-electron chi connectivity index (χ0n) is 15.2. The molecule has 0 unspecified atom stereocenters. The summed E-state index contributed by atoms with van der Waals surface area (Å²) in [4.78, 5) is 39.9. The molecule has 0 saturated carbocycles. The third kappa shape index (κ3) is 4.68. The molecule has 134 valence electrons. The molecule has 0 radical (unpaired) electrons. The van der Waals surface area contributed by atoms with Crippen molar-refractivity contribution < 1.29 is 4.79 Å². The molecule has 1 aromatic carbocycles. The molecule has 6 heteroatoms. The predicted octanol–water partition coefficient (Wildman–Crippen LogP) is 1.71. The van der Waals surface area contributed by atoms with Crippen LogP contribution < -0.4 is 16.6 Å². The molecule has 0 aliphatic heterocycles. The number of carbonyl (C=O) groups excluding carboxylic acids is 1. The Balaban J connectivity index is 1.96. The smallest absolute Gasteiger partial charge is 0.325 e. The average Bonchev–Trinajstić information content (AvgIpc) is 2.52. The summed E-state index contributed by atoms with van der Waals surface area (Å²) in [6, 6.07) is 8.13. The molecule has 0 bridgehead atoms. The summed E-state index contributed by atoms with van der Waals surface area (Å²) in [5.41, 5.74) is 2.17. The molecule has 1 heterocycles. The minimum Gasteiger partial charge on any atom is -0.355 e. The number of H-pyrrole nitrogens is 2. The Labute approximate surface area is 146 Å². The lowest BCUT2D eigenvalue weighted by molar-refractivity contribution is -0.121. The maximum Gasteiger partial charge on any atom is 0.325 e. The van der Waals surface area contributed by atoms with Crippen LogP contribution in [0.15, 0.2) is 33.9 Å². The third-order valence-electron chi connectivity index (χ3n) is 4.46. The van der Waals surface area contributed by atoms with Crippen molar-refractivity contribution in [2.75, 3.05) is 6.54 Å². The lowest BCUT2D eigenvalue weighted by Crippen LogP contribution is -2.37. The van der Waals surface area contributed by atoms with E-state index in [1.807, 2.05) is 12.1 Å². The average molecular weight is 343 g/mol. The Morgan fingerprint density at radius 1 is 1.12 bits per heavy atom. The maximum absolute atomic E-state index is 12.2. The van der Waals surface area contributed by atoms with E-state index in [-0.39, 0.29) is 24.2 Å². The molecule has 0 aliphatic rings. The molecular formula is C19H25N3O3. The van der Waals surface area contributed by atoms with E-state index in [0.29, 0.717) is 17.8 Å².